The van der Waals surface area contributed by atoms with Crippen LogP contribution in [0.2, 0.25) is 0 Å². The van der Waals surface area contributed by atoms with Crippen molar-refractivity contribution in [3.05, 3.63) is 0 Å². The number of hydrogen-bond donors (Lipinski definition) is 1. The SMILES string of the molecule is CN(C)C(=N)C1CCCCS1. The van der Waals surface area contributed by atoms with Gasteiger partial charge in [-0.3, -0.25) is 5.41 Å². The van der Waals surface area contributed by atoms with Crippen LogP contribution in [0.5, 0.6) is 0 Å². The molecule has 1 heterocycles. The standard InChI is InChI=1S/C8H16N2S/c1-10(2)8(9)7-5-3-4-6-11-7/h7,9H,3-6H2,1-2H3. The molecule has 3 heteroatoms. The maximum atomic E-state index is 7.74. The molecule has 0 aromatic heterocycles. The van der Waals surface area contributed by atoms with E-state index in [0.717, 1.165) is 5.84 Å². The fourth-order valence-corrected chi connectivity index (χ4v) is 2.60. The molecule has 2 nitrogen and oxygen atoms in total. The van der Waals surface area contributed by atoms with Gasteiger partial charge in [-0.15, -0.1) is 0 Å². The first kappa shape index (κ1) is 8.91. The Hall–Kier alpha value is -0.180. The fourth-order valence-electron chi connectivity index (χ4n) is 1.24. The number of nitrogens with zero attached hydrogens (tertiary/aromatic N) is 1. The Kier molecular flexibility index (Phi) is 3.24. The van der Waals surface area contributed by atoms with Gasteiger partial charge < -0.3 is 4.90 Å². The summed E-state index contributed by atoms with van der Waals surface area (Å²) in [5.74, 6) is 2.02. The molecule has 1 N–H and O–H groups in total. The zero-order chi connectivity index (χ0) is 8.27. The van der Waals surface area contributed by atoms with E-state index >= 15 is 0 Å². The summed E-state index contributed by atoms with van der Waals surface area (Å²) in [6.45, 7) is 0. The third kappa shape index (κ3) is 2.40. The predicted molar refractivity (Wildman–Crippen MR) is 51.5 cm³/mol. The van der Waals surface area contributed by atoms with Crippen LogP contribution in [0.15, 0.2) is 0 Å². The van der Waals surface area contributed by atoms with Crippen molar-refractivity contribution in [3.8, 4) is 0 Å². The minimum atomic E-state index is 0.471. The first-order valence-corrected chi connectivity index (χ1v) is 5.14. The van der Waals surface area contributed by atoms with Crippen molar-refractivity contribution in [2.45, 2.75) is 24.5 Å². The van der Waals surface area contributed by atoms with Gasteiger partial charge in [-0.25, -0.2) is 0 Å². The molecular formula is C8H16N2S. The second-order valence-electron chi connectivity index (χ2n) is 3.13. The Morgan fingerprint density at radius 2 is 2.18 bits per heavy atom. The van der Waals surface area contributed by atoms with E-state index < -0.39 is 0 Å². The minimum Gasteiger partial charge on any atom is -0.366 e. The smallest absolute Gasteiger partial charge is 0.109 e. The summed E-state index contributed by atoms with van der Waals surface area (Å²) < 4.78 is 0. The molecule has 0 saturated carbocycles. The predicted octanol–water partition coefficient (Wildman–Crippen LogP) is 1.81. The van der Waals surface area contributed by atoms with Crippen LogP contribution in [-0.4, -0.2) is 35.8 Å². The highest BCUT2D eigenvalue weighted by Gasteiger charge is 2.19. The van der Waals surface area contributed by atoms with Gasteiger partial charge >= 0.3 is 0 Å². The van der Waals surface area contributed by atoms with Crippen LogP contribution in [0.25, 0.3) is 0 Å². The third-order valence-corrected chi connectivity index (χ3v) is 3.35. The van der Waals surface area contributed by atoms with Gasteiger partial charge in [0.1, 0.15) is 5.84 Å². The average molecular weight is 172 g/mol. The molecule has 0 aromatic rings. The summed E-state index contributed by atoms with van der Waals surface area (Å²) in [6, 6.07) is 0. The molecule has 1 aliphatic heterocycles. The van der Waals surface area contributed by atoms with Crippen molar-refractivity contribution in [1.82, 2.24) is 4.90 Å². The second kappa shape index (κ2) is 4.00. The van der Waals surface area contributed by atoms with Gasteiger partial charge in [0.25, 0.3) is 0 Å². The van der Waals surface area contributed by atoms with E-state index in [1.54, 1.807) is 0 Å². The summed E-state index contributed by atoms with van der Waals surface area (Å²) >= 11 is 1.93. The van der Waals surface area contributed by atoms with E-state index in [1.807, 2.05) is 30.8 Å². The van der Waals surface area contributed by atoms with Crippen LogP contribution in [-0.2, 0) is 0 Å². The maximum absolute atomic E-state index is 7.74. The summed E-state index contributed by atoms with van der Waals surface area (Å²) in [6.07, 6.45) is 3.83. The van der Waals surface area contributed by atoms with Crippen molar-refractivity contribution in [2.75, 3.05) is 19.8 Å². The van der Waals surface area contributed by atoms with Crippen molar-refractivity contribution < 1.29 is 0 Å². The molecule has 0 aromatic carbocycles. The van der Waals surface area contributed by atoms with E-state index in [-0.39, 0.29) is 0 Å². The molecule has 0 radical (unpaired) electrons. The molecule has 1 rings (SSSR count). The molecule has 11 heavy (non-hydrogen) atoms. The first-order chi connectivity index (χ1) is 5.22. The summed E-state index contributed by atoms with van der Waals surface area (Å²) in [5, 5.41) is 8.21. The van der Waals surface area contributed by atoms with Gasteiger partial charge in [0.15, 0.2) is 0 Å². The first-order valence-electron chi connectivity index (χ1n) is 4.09. The largest absolute Gasteiger partial charge is 0.366 e. The average Bonchev–Trinajstić information content (AvgIpc) is 2.05. The molecule has 64 valence electrons. The van der Waals surface area contributed by atoms with E-state index in [4.69, 9.17) is 5.41 Å². The molecule has 1 aliphatic rings. The maximum Gasteiger partial charge on any atom is 0.109 e. The van der Waals surface area contributed by atoms with E-state index in [2.05, 4.69) is 0 Å². The number of rotatable bonds is 1. The lowest BCUT2D eigenvalue weighted by Crippen LogP contribution is -2.32. The molecule has 0 spiro atoms. The molecule has 0 aliphatic carbocycles. The van der Waals surface area contributed by atoms with Crippen molar-refractivity contribution in [1.29, 1.82) is 5.41 Å². The molecule has 1 atom stereocenters. The van der Waals surface area contributed by atoms with Gasteiger partial charge in [-0.2, -0.15) is 11.8 Å². The third-order valence-electron chi connectivity index (χ3n) is 1.97. The quantitative estimate of drug-likeness (QED) is 0.482. The van der Waals surface area contributed by atoms with Crippen LogP contribution in [0.3, 0.4) is 0 Å². The Labute approximate surface area is 72.9 Å². The van der Waals surface area contributed by atoms with Crippen LogP contribution >= 0.6 is 11.8 Å². The Morgan fingerprint density at radius 3 is 2.64 bits per heavy atom. The van der Waals surface area contributed by atoms with Crippen molar-refractivity contribution in [3.63, 3.8) is 0 Å². The van der Waals surface area contributed by atoms with Crippen molar-refractivity contribution in [2.24, 2.45) is 0 Å². The molecule has 0 bridgehead atoms. The van der Waals surface area contributed by atoms with E-state index in [1.165, 1.54) is 25.0 Å². The molecular weight excluding hydrogens is 156 g/mol. The van der Waals surface area contributed by atoms with Crippen LogP contribution in [0, 0.1) is 5.41 Å². The normalized spacial score (nSPS) is 24.7. The van der Waals surface area contributed by atoms with Gasteiger partial charge in [0, 0.05) is 14.1 Å². The van der Waals surface area contributed by atoms with E-state index in [9.17, 15) is 0 Å². The molecule has 1 unspecified atom stereocenters. The fraction of sp³-hybridized carbons (Fsp3) is 0.875. The van der Waals surface area contributed by atoms with Gasteiger partial charge in [-0.1, -0.05) is 6.42 Å². The summed E-state index contributed by atoms with van der Waals surface area (Å²) in [7, 11) is 3.91. The van der Waals surface area contributed by atoms with Gasteiger partial charge in [-0.05, 0) is 18.6 Å². The highest BCUT2D eigenvalue weighted by atomic mass is 32.2. The van der Waals surface area contributed by atoms with E-state index in [0.29, 0.717) is 5.25 Å². The summed E-state index contributed by atoms with van der Waals surface area (Å²) in [5.41, 5.74) is 0. The van der Waals surface area contributed by atoms with Crippen molar-refractivity contribution >= 4 is 17.6 Å². The lowest BCUT2D eigenvalue weighted by atomic mass is 10.1. The van der Waals surface area contributed by atoms with Crippen LogP contribution in [0.4, 0.5) is 0 Å². The minimum absolute atomic E-state index is 0.471. The lowest BCUT2D eigenvalue weighted by molar-refractivity contribution is 0.585. The number of amidine groups is 1. The number of thioether (sulfide) groups is 1. The van der Waals surface area contributed by atoms with Gasteiger partial charge in [0.2, 0.25) is 0 Å². The van der Waals surface area contributed by atoms with Crippen LogP contribution < -0.4 is 0 Å². The highest BCUT2D eigenvalue weighted by molar-refractivity contribution is 8.00. The molecule has 1 fully saturated rings. The Morgan fingerprint density at radius 1 is 1.45 bits per heavy atom. The highest BCUT2D eigenvalue weighted by Crippen LogP contribution is 2.25. The molecule has 1 saturated heterocycles. The number of hydrogen-bond acceptors (Lipinski definition) is 2. The zero-order valence-electron chi connectivity index (χ0n) is 7.26. The Bertz CT molecular complexity index is 139. The Balaban J connectivity index is 2.39. The zero-order valence-corrected chi connectivity index (χ0v) is 8.08. The van der Waals surface area contributed by atoms with Crippen LogP contribution in [0.1, 0.15) is 19.3 Å². The monoisotopic (exact) mass is 172 g/mol. The molecule has 0 amide bonds. The van der Waals surface area contributed by atoms with Gasteiger partial charge in [0.05, 0.1) is 5.25 Å². The number of nitrogens with one attached hydrogen (secondary N) is 1. The summed E-state index contributed by atoms with van der Waals surface area (Å²) in [4.78, 5) is 1.92. The lowest BCUT2D eigenvalue weighted by Gasteiger charge is -2.25. The second-order valence-corrected chi connectivity index (χ2v) is 4.45. The topological polar surface area (TPSA) is 27.1 Å².